The number of amides is 1. The molecule has 1 saturated heterocycles. The van der Waals surface area contributed by atoms with Crippen molar-refractivity contribution in [1.29, 1.82) is 0 Å². The van der Waals surface area contributed by atoms with Crippen LogP contribution in [0, 0.1) is 11.6 Å². The van der Waals surface area contributed by atoms with Crippen molar-refractivity contribution in [3.8, 4) is 5.75 Å². The minimum absolute atomic E-state index is 0.0134. The zero-order valence-corrected chi connectivity index (χ0v) is 11.5. The first-order valence-corrected chi connectivity index (χ1v) is 6.55. The molecule has 0 saturated carbocycles. The fourth-order valence-corrected chi connectivity index (χ4v) is 2.42. The molecule has 1 heterocycles. The number of piperidine rings is 1. The summed E-state index contributed by atoms with van der Waals surface area (Å²) >= 11 is 3.81. The Morgan fingerprint density at radius 2 is 1.89 bits per heavy atom. The van der Waals surface area contributed by atoms with Crippen LogP contribution in [-0.2, 0) is 0 Å². The maximum Gasteiger partial charge on any atom is 0.260 e. The highest BCUT2D eigenvalue weighted by Gasteiger charge is 2.28. The van der Waals surface area contributed by atoms with Crippen LogP contribution in [0.5, 0.6) is 5.75 Å². The molecule has 6 heteroatoms. The lowest BCUT2D eigenvalue weighted by Crippen LogP contribution is -2.36. The van der Waals surface area contributed by atoms with E-state index in [9.17, 15) is 13.6 Å². The molecule has 1 aliphatic heterocycles. The summed E-state index contributed by atoms with van der Waals surface area (Å²) in [6.07, 6.45) is 2.80. The third-order valence-corrected chi connectivity index (χ3v) is 3.55. The van der Waals surface area contributed by atoms with E-state index in [0.29, 0.717) is 13.1 Å². The zero-order valence-electron chi connectivity index (χ0n) is 10.6. The van der Waals surface area contributed by atoms with Gasteiger partial charge in [0.2, 0.25) is 0 Å². The summed E-state index contributed by atoms with van der Waals surface area (Å²) in [5.74, 6) is -2.83. The van der Waals surface area contributed by atoms with E-state index in [-0.39, 0.29) is 16.2 Å². The van der Waals surface area contributed by atoms with Crippen LogP contribution in [0.3, 0.4) is 0 Å². The molecule has 0 aromatic heterocycles. The van der Waals surface area contributed by atoms with Gasteiger partial charge in [-0.3, -0.25) is 4.79 Å². The Bertz CT molecular complexity index is 502. The van der Waals surface area contributed by atoms with Gasteiger partial charge < -0.3 is 9.64 Å². The lowest BCUT2D eigenvalue weighted by molar-refractivity contribution is 0.0714. The molecular weight excluding hydrogens is 272 g/mol. The molecule has 0 N–H and O–H groups in total. The second kappa shape index (κ2) is 5.77. The lowest BCUT2D eigenvalue weighted by atomic mass is 10.1. The molecule has 1 fully saturated rings. The molecule has 104 valence electrons. The van der Waals surface area contributed by atoms with E-state index < -0.39 is 17.5 Å². The van der Waals surface area contributed by atoms with Gasteiger partial charge in [0, 0.05) is 18.0 Å². The molecule has 1 amide bonds. The number of thiol groups is 1. The standard InChI is InChI=1S/C13H15F2NO2S/c1-18-8-7-9(19)11(14)12(15)10(8)13(17)16-5-3-2-4-6-16/h7,19H,2-6H2,1H3. The van der Waals surface area contributed by atoms with E-state index in [4.69, 9.17) is 4.74 Å². The predicted octanol–water partition coefficient (Wildman–Crippen LogP) is 2.89. The van der Waals surface area contributed by atoms with E-state index in [1.807, 2.05) is 0 Å². The van der Waals surface area contributed by atoms with Crippen molar-refractivity contribution in [2.75, 3.05) is 20.2 Å². The van der Waals surface area contributed by atoms with Crippen LogP contribution in [-0.4, -0.2) is 31.0 Å². The number of carbonyl (C=O) groups excluding carboxylic acids is 1. The highest BCUT2D eigenvalue weighted by atomic mass is 32.1. The predicted molar refractivity (Wildman–Crippen MR) is 69.9 cm³/mol. The van der Waals surface area contributed by atoms with Gasteiger partial charge in [-0.1, -0.05) is 0 Å². The van der Waals surface area contributed by atoms with Gasteiger partial charge in [-0.25, -0.2) is 8.78 Å². The average Bonchev–Trinajstić information content (AvgIpc) is 2.44. The molecule has 0 aliphatic carbocycles. The molecule has 0 unspecified atom stereocenters. The monoisotopic (exact) mass is 287 g/mol. The van der Waals surface area contributed by atoms with Gasteiger partial charge >= 0.3 is 0 Å². The SMILES string of the molecule is COc1cc(S)c(F)c(F)c1C(=O)N1CCCCC1. The Kier molecular flexibility index (Phi) is 4.29. The first-order valence-electron chi connectivity index (χ1n) is 6.10. The van der Waals surface area contributed by atoms with Gasteiger partial charge in [-0.05, 0) is 25.3 Å². The Morgan fingerprint density at radius 1 is 1.26 bits per heavy atom. The van der Waals surface area contributed by atoms with E-state index in [2.05, 4.69) is 12.6 Å². The van der Waals surface area contributed by atoms with Gasteiger partial charge in [-0.15, -0.1) is 12.6 Å². The highest BCUT2D eigenvalue weighted by Crippen LogP contribution is 2.30. The molecular formula is C13H15F2NO2S. The van der Waals surface area contributed by atoms with Crippen molar-refractivity contribution >= 4 is 18.5 Å². The summed E-state index contributed by atoms with van der Waals surface area (Å²) in [5.41, 5.74) is -0.347. The average molecular weight is 287 g/mol. The van der Waals surface area contributed by atoms with E-state index in [0.717, 1.165) is 19.3 Å². The molecule has 1 aromatic rings. The summed E-state index contributed by atoms with van der Waals surface area (Å²) < 4.78 is 32.5. The second-order valence-corrected chi connectivity index (χ2v) is 4.94. The van der Waals surface area contributed by atoms with Gasteiger partial charge in [0.15, 0.2) is 11.6 Å². The van der Waals surface area contributed by atoms with Crippen LogP contribution < -0.4 is 4.74 Å². The topological polar surface area (TPSA) is 29.5 Å². The van der Waals surface area contributed by atoms with Gasteiger partial charge in [-0.2, -0.15) is 0 Å². The molecule has 3 nitrogen and oxygen atoms in total. The maximum absolute atomic E-state index is 14.0. The quantitative estimate of drug-likeness (QED) is 0.848. The van der Waals surface area contributed by atoms with Gasteiger partial charge in [0.25, 0.3) is 5.91 Å². The Morgan fingerprint density at radius 3 is 2.47 bits per heavy atom. The van der Waals surface area contributed by atoms with Crippen molar-refractivity contribution in [3.05, 3.63) is 23.3 Å². The van der Waals surface area contributed by atoms with Crippen LogP contribution in [0.2, 0.25) is 0 Å². The number of rotatable bonds is 2. The van der Waals surface area contributed by atoms with Crippen molar-refractivity contribution in [2.45, 2.75) is 24.2 Å². The van der Waals surface area contributed by atoms with Crippen molar-refractivity contribution in [1.82, 2.24) is 4.90 Å². The number of hydrogen-bond donors (Lipinski definition) is 1. The smallest absolute Gasteiger partial charge is 0.260 e. The first-order chi connectivity index (χ1) is 9.06. The van der Waals surface area contributed by atoms with Gasteiger partial charge in [0.1, 0.15) is 11.3 Å². The Balaban J connectivity index is 2.42. The number of hydrogen-bond acceptors (Lipinski definition) is 3. The second-order valence-electron chi connectivity index (χ2n) is 4.45. The Labute approximate surface area is 116 Å². The zero-order chi connectivity index (χ0) is 14.0. The van der Waals surface area contributed by atoms with E-state index in [1.165, 1.54) is 18.1 Å². The van der Waals surface area contributed by atoms with Crippen molar-refractivity contribution < 1.29 is 18.3 Å². The number of halogens is 2. The van der Waals surface area contributed by atoms with Crippen molar-refractivity contribution in [3.63, 3.8) is 0 Å². The van der Waals surface area contributed by atoms with Crippen LogP contribution in [0.1, 0.15) is 29.6 Å². The molecule has 0 atom stereocenters. The number of carbonyl (C=O) groups is 1. The van der Waals surface area contributed by atoms with Crippen LogP contribution in [0.25, 0.3) is 0 Å². The Hall–Kier alpha value is -1.30. The largest absolute Gasteiger partial charge is 0.496 e. The third-order valence-electron chi connectivity index (χ3n) is 3.23. The molecule has 2 rings (SSSR count). The fraction of sp³-hybridized carbons (Fsp3) is 0.462. The van der Waals surface area contributed by atoms with Crippen molar-refractivity contribution in [2.24, 2.45) is 0 Å². The van der Waals surface area contributed by atoms with E-state index >= 15 is 0 Å². The minimum atomic E-state index is -1.19. The van der Waals surface area contributed by atoms with Crippen LogP contribution in [0.15, 0.2) is 11.0 Å². The minimum Gasteiger partial charge on any atom is -0.496 e. The number of nitrogens with zero attached hydrogens (tertiary/aromatic N) is 1. The number of methoxy groups -OCH3 is 1. The summed E-state index contributed by atoms with van der Waals surface area (Å²) in [7, 11) is 1.31. The van der Waals surface area contributed by atoms with Gasteiger partial charge in [0.05, 0.1) is 7.11 Å². The fourth-order valence-electron chi connectivity index (χ4n) is 2.21. The maximum atomic E-state index is 14.0. The number of likely N-dealkylation sites (tertiary alicyclic amines) is 1. The summed E-state index contributed by atoms with van der Waals surface area (Å²) in [5, 5.41) is 0. The van der Waals surface area contributed by atoms with Crippen LogP contribution >= 0.6 is 12.6 Å². The third kappa shape index (κ3) is 2.68. The normalized spacial score (nSPS) is 15.5. The summed E-state index contributed by atoms with van der Waals surface area (Å²) in [6, 6.07) is 1.22. The molecule has 1 aromatic carbocycles. The molecule has 1 aliphatic rings. The number of benzene rings is 1. The molecule has 19 heavy (non-hydrogen) atoms. The summed E-state index contributed by atoms with van der Waals surface area (Å²) in [6.45, 7) is 1.12. The molecule has 0 spiro atoms. The molecule has 0 radical (unpaired) electrons. The number of ether oxygens (including phenoxy) is 1. The summed E-state index contributed by atoms with van der Waals surface area (Å²) in [4.78, 5) is 13.6. The lowest BCUT2D eigenvalue weighted by Gasteiger charge is -2.27. The highest BCUT2D eigenvalue weighted by molar-refractivity contribution is 7.80. The van der Waals surface area contributed by atoms with E-state index in [1.54, 1.807) is 0 Å². The first kappa shape index (κ1) is 14.1. The molecule has 0 bridgehead atoms. The van der Waals surface area contributed by atoms with Crippen LogP contribution in [0.4, 0.5) is 8.78 Å².